The van der Waals surface area contributed by atoms with Gasteiger partial charge >= 0.3 is 0 Å². The molecule has 0 spiro atoms. The molecule has 6 heteroatoms. The van der Waals surface area contributed by atoms with E-state index in [2.05, 4.69) is 15.4 Å². The van der Waals surface area contributed by atoms with E-state index in [9.17, 15) is 4.79 Å². The van der Waals surface area contributed by atoms with Gasteiger partial charge in [-0.15, -0.1) is 0 Å². The Morgan fingerprint density at radius 2 is 1.76 bits per heavy atom. The molecule has 2 heterocycles. The monoisotopic (exact) mass is 384 g/mol. The number of nitrogens with one attached hydrogen (secondary N) is 1. The third-order valence-corrected chi connectivity index (χ3v) is 4.58. The van der Waals surface area contributed by atoms with Gasteiger partial charge in [0.05, 0.1) is 18.4 Å². The average molecular weight is 384 g/mol. The van der Waals surface area contributed by atoms with Crippen LogP contribution in [0.25, 0.3) is 16.9 Å². The van der Waals surface area contributed by atoms with Crippen LogP contribution in [0.3, 0.4) is 0 Å². The molecule has 1 amide bonds. The molecule has 0 aliphatic carbocycles. The fourth-order valence-electron chi connectivity index (χ4n) is 3.01. The van der Waals surface area contributed by atoms with Crippen LogP contribution in [0.5, 0.6) is 5.75 Å². The van der Waals surface area contributed by atoms with Crippen molar-refractivity contribution in [2.75, 3.05) is 12.4 Å². The first kappa shape index (κ1) is 18.4. The molecular formula is C23H20N4O2. The summed E-state index contributed by atoms with van der Waals surface area (Å²) in [4.78, 5) is 17.4. The zero-order chi connectivity index (χ0) is 20.2. The molecule has 0 unspecified atom stereocenters. The lowest BCUT2D eigenvalue weighted by atomic mass is 10.1. The number of ether oxygens (including phenoxy) is 1. The molecule has 0 atom stereocenters. The summed E-state index contributed by atoms with van der Waals surface area (Å²) in [6, 6.07) is 20.9. The Labute approximate surface area is 168 Å². The molecule has 4 aromatic rings. The van der Waals surface area contributed by atoms with Crippen molar-refractivity contribution in [2.45, 2.75) is 6.92 Å². The van der Waals surface area contributed by atoms with Gasteiger partial charge in [0.2, 0.25) is 0 Å². The first-order valence-electron chi connectivity index (χ1n) is 9.18. The second-order valence-corrected chi connectivity index (χ2v) is 6.52. The minimum atomic E-state index is -0.264. The van der Waals surface area contributed by atoms with Gasteiger partial charge in [0.1, 0.15) is 17.3 Å². The summed E-state index contributed by atoms with van der Waals surface area (Å²) >= 11 is 0. The predicted molar refractivity (Wildman–Crippen MR) is 112 cm³/mol. The van der Waals surface area contributed by atoms with E-state index in [-0.39, 0.29) is 5.91 Å². The largest absolute Gasteiger partial charge is 0.497 e. The van der Waals surface area contributed by atoms with Crippen molar-refractivity contribution in [3.05, 3.63) is 90.3 Å². The third kappa shape index (κ3) is 3.87. The van der Waals surface area contributed by atoms with Crippen molar-refractivity contribution in [1.29, 1.82) is 0 Å². The number of nitrogens with zero attached hydrogens (tertiary/aromatic N) is 3. The number of anilines is 1. The minimum absolute atomic E-state index is 0.264. The van der Waals surface area contributed by atoms with Gasteiger partial charge in [-0.2, -0.15) is 5.10 Å². The summed E-state index contributed by atoms with van der Waals surface area (Å²) in [6.07, 6.45) is 3.39. The Morgan fingerprint density at radius 3 is 2.45 bits per heavy atom. The van der Waals surface area contributed by atoms with E-state index >= 15 is 0 Å². The summed E-state index contributed by atoms with van der Waals surface area (Å²) in [5, 5.41) is 7.58. The number of carbonyl (C=O) groups excluding carboxylic acids is 1. The van der Waals surface area contributed by atoms with Crippen molar-refractivity contribution in [2.24, 2.45) is 0 Å². The number of carbonyl (C=O) groups is 1. The SMILES string of the molecule is COc1ccc(-c2nn(-c3ccccc3)cc2C(=O)Nc2ncccc2C)cc1. The molecule has 0 saturated carbocycles. The molecule has 0 aliphatic heterocycles. The van der Waals surface area contributed by atoms with Gasteiger partial charge in [-0.3, -0.25) is 4.79 Å². The summed E-state index contributed by atoms with van der Waals surface area (Å²) < 4.78 is 6.94. The maximum atomic E-state index is 13.1. The van der Waals surface area contributed by atoms with Crippen LogP contribution in [0.1, 0.15) is 15.9 Å². The highest BCUT2D eigenvalue weighted by Gasteiger charge is 2.19. The van der Waals surface area contributed by atoms with Crippen LogP contribution >= 0.6 is 0 Å². The van der Waals surface area contributed by atoms with Gasteiger partial charge in [0, 0.05) is 18.0 Å². The average Bonchev–Trinajstić information content (AvgIpc) is 3.22. The van der Waals surface area contributed by atoms with Crippen LogP contribution in [0.2, 0.25) is 0 Å². The Hall–Kier alpha value is -3.93. The number of para-hydroxylation sites is 1. The van der Waals surface area contributed by atoms with Crippen molar-refractivity contribution < 1.29 is 9.53 Å². The molecule has 0 radical (unpaired) electrons. The van der Waals surface area contributed by atoms with E-state index in [1.54, 1.807) is 24.2 Å². The van der Waals surface area contributed by atoms with E-state index in [0.717, 1.165) is 22.6 Å². The molecule has 4 rings (SSSR count). The molecular weight excluding hydrogens is 364 g/mol. The Morgan fingerprint density at radius 1 is 1.00 bits per heavy atom. The smallest absolute Gasteiger partial charge is 0.260 e. The van der Waals surface area contributed by atoms with E-state index < -0.39 is 0 Å². The second-order valence-electron chi connectivity index (χ2n) is 6.52. The number of benzene rings is 2. The Balaban J connectivity index is 1.77. The number of hydrogen-bond acceptors (Lipinski definition) is 4. The third-order valence-electron chi connectivity index (χ3n) is 4.58. The quantitative estimate of drug-likeness (QED) is 0.550. The van der Waals surface area contributed by atoms with Gasteiger partial charge in [-0.25, -0.2) is 9.67 Å². The van der Waals surface area contributed by atoms with Crippen LogP contribution < -0.4 is 10.1 Å². The lowest BCUT2D eigenvalue weighted by Crippen LogP contribution is -2.14. The molecule has 0 saturated heterocycles. The number of rotatable bonds is 5. The van der Waals surface area contributed by atoms with Crippen molar-refractivity contribution in [3.63, 3.8) is 0 Å². The van der Waals surface area contributed by atoms with E-state index in [1.165, 1.54) is 0 Å². The van der Waals surface area contributed by atoms with Crippen LogP contribution in [0, 0.1) is 6.92 Å². The molecule has 1 N–H and O–H groups in total. The molecule has 0 fully saturated rings. The van der Waals surface area contributed by atoms with Crippen LogP contribution in [0.4, 0.5) is 5.82 Å². The van der Waals surface area contributed by atoms with Crippen molar-refractivity contribution in [3.8, 4) is 22.7 Å². The first-order valence-corrected chi connectivity index (χ1v) is 9.18. The van der Waals surface area contributed by atoms with E-state index in [4.69, 9.17) is 4.74 Å². The maximum absolute atomic E-state index is 13.1. The fraction of sp³-hybridized carbons (Fsp3) is 0.0870. The summed E-state index contributed by atoms with van der Waals surface area (Å²) in [7, 11) is 1.62. The Bertz CT molecular complexity index is 1140. The van der Waals surface area contributed by atoms with E-state index in [1.807, 2.05) is 73.7 Å². The number of pyridine rings is 1. The Kier molecular flexibility index (Phi) is 5.07. The highest BCUT2D eigenvalue weighted by molar-refractivity contribution is 6.08. The summed E-state index contributed by atoms with van der Waals surface area (Å²) in [6.45, 7) is 1.90. The molecule has 2 aromatic carbocycles. The number of hydrogen-bond donors (Lipinski definition) is 1. The van der Waals surface area contributed by atoms with Gasteiger partial charge in [0.15, 0.2) is 0 Å². The first-order chi connectivity index (χ1) is 14.2. The number of aryl methyl sites for hydroxylation is 1. The van der Waals surface area contributed by atoms with Gasteiger partial charge < -0.3 is 10.1 Å². The normalized spacial score (nSPS) is 10.6. The van der Waals surface area contributed by atoms with Gasteiger partial charge in [0.25, 0.3) is 5.91 Å². The molecule has 0 bridgehead atoms. The maximum Gasteiger partial charge on any atom is 0.260 e. The standard InChI is InChI=1S/C23H20N4O2/c1-16-7-6-14-24-22(16)25-23(28)20-15-27(18-8-4-3-5-9-18)26-21(20)17-10-12-19(29-2)13-11-17/h3-15H,1-2H3,(H,24,25,28). The number of amides is 1. The minimum Gasteiger partial charge on any atom is -0.497 e. The highest BCUT2D eigenvalue weighted by atomic mass is 16.5. The van der Waals surface area contributed by atoms with E-state index in [0.29, 0.717) is 17.1 Å². The zero-order valence-corrected chi connectivity index (χ0v) is 16.2. The number of aromatic nitrogens is 3. The summed E-state index contributed by atoms with van der Waals surface area (Å²) in [5.41, 5.74) is 3.63. The zero-order valence-electron chi connectivity index (χ0n) is 16.2. The molecule has 29 heavy (non-hydrogen) atoms. The van der Waals surface area contributed by atoms with Crippen molar-refractivity contribution in [1.82, 2.24) is 14.8 Å². The highest BCUT2D eigenvalue weighted by Crippen LogP contribution is 2.26. The lowest BCUT2D eigenvalue weighted by Gasteiger charge is -2.07. The molecule has 2 aromatic heterocycles. The predicted octanol–water partition coefficient (Wildman–Crippen LogP) is 4.50. The van der Waals surface area contributed by atoms with Crippen LogP contribution in [0.15, 0.2) is 79.1 Å². The molecule has 6 nitrogen and oxygen atoms in total. The number of methoxy groups -OCH3 is 1. The van der Waals surface area contributed by atoms with Gasteiger partial charge in [-0.1, -0.05) is 24.3 Å². The van der Waals surface area contributed by atoms with Crippen molar-refractivity contribution >= 4 is 11.7 Å². The van der Waals surface area contributed by atoms with Crippen LogP contribution in [-0.4, -0.2) is 27.8 Å². The second kappa shape index (κ2) is 7.98. The lowest BCUT2D eigenvalue weighted by molar-refractivity contribution is 0.102. The fourth-order valence-corrected chi connectivity index (χ4v) is 3.01. The summed E-state index contributed by atoms with van der Waals surface area (Å²) in [5.74, 6) is 1.01. The molecule has 0 aliphatic rings. The van der Waals surface area contributed by atoms with Gasteiger partial charge in [-0.05, 0) is 55.0 Å². The topological polar surface area (TPSA) is 69.0 Å². The van der Waals surface area contributed by atoms with Crippen LogP contribution in [-0.2, 0) is 0 Å². The molecule has 144 valence electrons.